The highest BCUT2D eigenvalue weighted by atomic mass is 16.6. The molecule has 0 unspecified atom stereocenters. The monoisotopic (exact) mass is 179 g/mol. The zero-order valence-electron chi connectivity index (χ0n) is 7.17. The second kappa shape index (κ2) is 4.30. The van der Waals surface area contributed by atoms with Crippen molar-refractivity contribution in [3.63, 3.8) is 0 Å². The highest BCUT2D eigenvalue weighted by molar-refractivity contribution is 5.43. The molecule has 0 spiro atoms. The number of azo groups is 1. The van der Waals surface area contributed by atoms with Gasteiger partial charge in [-0.2, -0.15) is 10.2 Å². The van der Waals surface area contributed by atoms with E-state index < -0.39 is 4.92 Å². The predicted octanol–water partition coefficient (Wildman–Crippen LogP) is 2.70. The van der Waals surface area contributed by atoms with Crippen LogP contribution in [0.1, 0.15) is 6.92 Å². The maximum atomic E-state index is 10.3. The molecule has 1 aromatic rings. The van der Waals surface area contributed by atoms with Gasteiger partial charge in [-0.05, 0) is 19.1 Å². The molecule has 1 aromatic carbocycles. The van der Waals surface area contributed by atoms with Crippen molar-refractivity contribution in [3.05, 3.63) is 34.4 Å². The minimum atomic E-state index is -0.444. The van der Waals surface area contributed by atoms with Crippen LogP contribution in [-0.4, -0.2) is 11.5 Å². The van der Waals surface area contributed by atoms with Crippen molar-refractivity contribution in [1.29, 1.82) is 0 Å². The van der Waals surface area contributed by atoms with E-state index in [-0.39, 0.29) is 5.69 Å². The van der Waals surface area contributed by atoms with E-state index in [1.165, 1.54) is 12.1 Å². The van der Waals surface area contributed by atoms with E-state index in [9.17, 15) is 10.1 Å². The first-order valence-electron chi connectivity index (χ1n) is 3.86. The van der Waals surface area contributed by atoms with Crippen molar-refractivity contribution in [2.45, 2.75) is 6.92 Å². The lowest BCUT2D eigenvalue weighted by Crippen LogP contribution is -1.85. The Balaban J connectivity index is 2.81. The van der Waals surface area contributed by atoms with Gasteiger partial charge < -0.3 is 0 Å². The molecule has 68 valence electrons. The molecule has 0 N–H and O–H groups in total. The van der Waals surface area contributed by atoms with Gasteiger partial charge in [0.05, 0.1) is 17.2 Å². The average molecular weight is 179 g/mol. The molecule has 0 bridgehead atoms. The van der Waals surface area contributed by atoms with Crippen molar-refractivity contribution >= 4 is 11.4 Å². The van der Waals surface area contributed by atoms with Gasteiger partial charge in [0.2, 0.25) is 0 Å². The Labute approximate surface area is 75.3 Å². The van der Waals surface area contributed by atoms with Gasteiger partial charge in [0, 0.05) is 12.1 Å². The second-order valence-electron chi connectivity index (χ2n) is 2.33. The summed E-state index contributed by atoms with van der Waals surface area (Å²) in [6, 6.07) is 5.95. The van der Waals surface area contributed by atoms with Crippen LogP contribution in [0.3, 0.4) is 0 Å². The molecule has 0 amide bonds. The lowest BCUT2D eigenvalue weighted by atomic mass is 10.3. The summed E-state index contributed by atoms with van der Waals surface area (Å²) >= 11 is 0. The van der Waals surface area contributed by atoms with E-state index in [1.807, 2.05) is 6.92 Å². The molecule has 0 aromatic heterocycles. The molecule has 0 atom stereocenters. The molecule has 0 saturated carbocycles. The van der Waals surface area contributed by atoms with E-state index in [0.29, 0.717) is 12.2 Å². The molecule has 0 aliphatic heterocycles. The number of benzene rings is 1. The van der Waals surface area contributed by atoms with Crippen LogP contribution in [0.2, 0.25) is 0 Å². The van der Waals surface area contributed by atoms with Crippen molar-refractivity contribution in [3.8, 4) is 0 Å². The Morgan fingerprint density at radius 3 is 2.46 bits per heavy atom. The fourth-order valence-corrected chi connectivity index (χ4v) is 0.793. The van der Waals surface area contributed by atoms with Crippen LogP contribution >= 0.6 is 0 Å². The van der Waals surface area contributed by atoms with E-state index >= 15 is 0 Å². The minimum Gasteiger partial charge on any atom is -0.258 e. The van der Waals surface area contributed by atoms with Gasteiger partial charge in [-0.3, -0.25) is 10.1 Å². The summed E-state index contributed by atoms with van der Waals surface area (Å²) in [6.07, 6.45) is 0. The van der Waals surface area contributed by atoms with Gasteiger partial charge in [0.1, 0.15) is 0 Å². The molecule has 5 heteroatoms. The summed E-state index contributed by atoms with van der Waals surface area (Å²) in [4.78, 5) is 9.83. The Bertz CT molecular complexity index is 319. The number of nitro groups is 1. The standard InChI is InChI=1S/C8H9N3O2/c1-2-9-10-7-3-5-8(6-4-7)11(12)13/h3-6H,2H2,1H3/b10-9+. The second-order valence-corrected chi connectivity index (χ2v) is 2.33. The number of non-ortho nitro benzene ring substituents is 1. The fraction of sp³-hybridized carbons (Fsp3) is 0.250. The van der Waals surface area contributed by atoms with Crippen LogP contribution < -0.4 is 0 Å². The molecule has 0 heterocycles. The van der Waals surface area contributed by atoms with Gasteiger partial charge in [0.15, 0.2) is 0 Å². The summed E-state index contributed by atoms with van der Waals surface area (Å²) in [6.45, 7) is 2.48. The summed E-state index contributed by atoms with van der Waals surface area (Å²) in [7, 11) is 0. The van der Waals surface area contributed by atoms with Crippen molar-refractivity contribution in [2.75, 3.05) is 6.54 Å². The number of rotatable bonds is 3. The Hall–Kier alpha value is -1.78. The van der Waals surface area contributed by atoms with Crippen molar-refractivity contribution in [1.82, 2.24) is 0 Å². The Kier molecular flexibility index (Phi) is 3.08. The molecular weight excluding hydrogens is 170 g/mol. The van der Waals surface area contributed by atoms with E-state index in [0.717, 1.165) is 0 Å². The summed E-state index contributed by atoms with van der Waals surface area (Å²) in [5.74, 6) is 0. The molecule has 0 radical (unpaired) electrons. The van der Waals surface area contributed by atoms with Gasteiger partial charge in [-0.25, -0.2) is 0 Å². The van der Waals surface area contributed by atoms with Gasteiger partial charge in [0.25, 0.3) is 5.69 Å². The zero-order chi connectivity index (χ0) is 9.68. The molecule has 0 fully saturated rings. The first-order chi connectivity index (χ1) is 6.24. The van der Waals surface area contributed by atoms with Crippen molar-refractivity contribution < 1.29 is 4.92 Å². The molecule has 1 rings (SSSR count). The normalized spacial score (nSPS) is 10.5. The molecule has 0 saturated heterocycles. The van der Waals surface area contributed by atoms with Gasteiger partial charge >= 0.3 is 0 Å². The smallest absolute Gasteiger partial charge is 0.258 e. The number of nitrogens with zero attached hydrogens (tertiary/aromatic N) is 3. The molecular formula is C8H9N3O2. The number of hydrogen-bond acceptors (Lipinski definition) is 4. The topological polar surface area (TPSA) is 67.9 Å². The van der Waals surface area contributed by atoms with Crippen LogP contribution in [0.5, 0.6) is 0 Å². The largest absolute Gasteiger partial charge is 0.269 e. The fourth-order valence-electron chi connectivity index (χ4n) is 0.793. The minimum absolute atomic E-state index is 0.0652. The third-order valence-corrected chi connectivity index (χ3v) is 1.39. The maximum Gasteiger partial charge on any atom is 0.269 e. The maximum absolute atomic E-state index is 10.3. The first-order valence-corrected chi connectivity index (χ1v) is 3.86. The van der Waals surface area contributed by atoms with E-state index in [1.54, 1.807) is 12.1 Å². The number of nitro benzene ring substituents is 1. The van der Waals surface area contributed by atoms with Crippen LogP contribution in [0, 0.1) is 10.1 Å². The van der Waals surface area contributed by atoms with Crippen molar-refractivity contribution in [2.24, 2.45) is 10.2 Å². The summed E-state index contributed by atoms with van der Waals surface area (Å²) < 4.78 is 0. The van der Waals surface area contributed by atoms with E-state index in [2.05, 4.69) is 10.2 Å². The molecule has 0 aliphatic carbocycles. The van der Waals surface area contributed by atoms with Gasteiger partial charge in [-0.1, -0.05) is 0 Å². The third-order valence-electron chi connectivity index (χ3n) is 1.39. The van der Waals surface area contributed by atoms with Crippen LogP contribution in [0.25, 0.3) is 0 Å². The lowest BCUT2D eigenvalue weighted by molar-refractivity contribution is -0.384. The van der Waals surface area contributed by atoms with Crippen LogP contribution in [-0.2, 0) is 0 Å². The SMILES string of the molecule is CC/N=N/c1ccc([N+](=O)[O-])cc1. The molecule has 0 aliphatic rings. The van der Waals surface area contributed by atoms with Gasteiger partial charge in [-0.15, -0.1) is 0 Å². The van der Waals surface area contributed by atoms with E-state index in [4.69, 9.17) is 0 Å². The number of hydrogen-bond donors (Lipinski definition) is 0. The highest BCUT2D eigenvalue weighted by Gasteiger charge is 2.02. The average Bonchev–Trinajstić information content (AvgIpc) is 2.15. The predicted molar refractivity (Wildman–Crippen MR) is 48.2 cm³/mol. The first kappa shape index (κ1) is 9.31. The third kappa shape index (κ3) is 2.62. The molecule has 5 nitrogen and oxygen atoms in total. The zero-order valence-corrected chi connectivity index (χ0v) is 7.17. The quantitative estimate of drug-likeness (QED) is 0.406. The Morgan fingerprint density at radius 1 is 1.38 bits per heavy atom. The highest BCUT2D eigenvalue weighted by Crippen LogP contribution is 2.17. The summed E-state index contributed by atoms with van der Waals surface area (Å²) in [5.41, 5.74) is 0.697. The van der Waals surface area contributed by atoms with Crippen LogP contribution in [0.15, 0.2) is 34.5 Å². The molecule has 13 heavy (non-hydrogen) atoms. The Morgan fingerprint density at radius 2 is 2.00 bits per heavy atom. The summed E-state index contributed by atoms with van der Waals surface area (Å²) in [5, 5.41) is 17.9. The van der Waals surface area contributed by atoms with Crippen LogP contribution in [0.4, 0.5) is 11.4 Å². The lowest BCUT2D eigenvalue weighted by Gasteiger charge is -1.91.